The van der Waals surface area contributed by atoms with E-state index >= 15 is 0 Å². The van der Waals surface area contributed by atoms with Crippen LogP contribution in [0.15, 0.2) is 78.9 Å². The van der Waals surface area contributed by atoms with Crippen molar-refractivity contribution in [1.29, 1.82) is 0 Å². The maximum absolute atomic E-state index is 13.6. The zero-order chi connectivity index (χ0) is 25.2. The second-order valence-electron chi connectivity index (χ2n) is 9.50. The van der Waals surface area contributed by atoms with Crippen molar-refractivity contribution in [2.75, 3.05) is 11.4 Å². The predicted molar refractivity (Wildman–Crippen MR) is 143 cm³/mol. The standard InChI is InChI=1S/C29H29ClN4O2/c1-20(2)32(17-21-10-4-3-5-11-21)28(36)19-34-26-15-9-7-13-24(26)31-29(34)22-16-27(35)33(18-22)25-14-8-6-12-23(25)30/h3-15,20,22H,16-19H2,1-2H3. The molecule has 1 aliphatic rings. The molecule has 1 unspecified atom stereocenters. The second kappa shape index (κ2) is 10.2. The van der Waals surface area contributed by atoms with E-state index in [1.807, 2.05) is 96.1 Å². The number of para-hydroxylation sites is 3. The Bertz CT molecular complexity index is 1400. The zero-order valence-corrected chi connectivity index (χ0v) is 21.2. The number of amides is 2. The van der Waals surface area contributed by atoms with Crippen LogP contribution < -0.4 is 4.90 Å². The molecule has 1 saturated heterocycles. The fraction of sp³-hybridized carbons (Fsp3) is 0.276. The molecular weight excluding hydrogens is 472 g/mol. The van der Waals surface area contributed by atoms with Crippen LogP contribution in [-0.2, 0) is 22.7 Å². The van der Waals surface area contributed by atoms with Gasteiger partial charge in [0, 0.05) is 31.5 Å². The van der Waals surface area contributed by atoms with Crippen LogP contribution in [0.25, 0.3) is 11.0 Å². The summed E-state index contributed by atoms with van der Waals surface area (Å²) in [5, 5.41) is 0.545. The molecule has 7 heteroatoms. The van der Waals surface area contributed by atoms with Crippen molar-refractivity contribution in [2.24, 2.45) is 0 Å². The van der Waals surface area contributed by atoms with Crippen molar-refractivity contribution in [3.8, 4) is 0 Å². The number of nitrogens with zero attached hydrogens (tertiary/aromatic N) is 4. The van der Waals surface area contributed by atoms with Gasteiger partial charge in [-0.3, -0.25) is 9.59 Å². The van der Waals surface area contributed by atoms with Crippen molar-refractivity contribution < 1.29 is 9.59 Å². The first-order valence-electron chi connectivity index (χ1n) is 12.3. The Morgan fingerprint density at radius 1 is 1.03 bits per heavy atom. The van der Waals surface area contributed by atoms with Gasteiger partial charge in [-0.1, -0.05) is 66.2 Å². The van der Waals surface area contributed by atoms with Crippen LogP contribution in [0.4, 0.5) is 5.69 Å². The highest BCUT2D eigenvalue weighted by atomic mass is 35.5. The van der Waals surface area contributed by atoms with Crippen LogP contribution >= 0.6 is 11.6 Å². The molecule has 2 heterocycles. The Morgan fingerprint density at radius 3 is 2.47 bits per heavy atom. The third-order valence-electron chi connectivity index (χ3n) is 6.75. The SMILES string of the molecule is CC(C)N(Cc1ccccc1)C(=O)Cn1c(C2CC(=O)N(c3ccccc3Cl)C2)nc2ccccc21. The summed E-state index contributed by atoms with van der Waals surface area (Å²) in [5.41, 5.74) is 3.52. The number of rotatable bonds is 7. The molecular formula is C29H29ClN4O2. The summed E-state index contributed by atoms with van der Waals surface area (Å²) >= 11 is 6.39. The number of hydrogen-bond acceptors (Lipinski definition) is 3. The predicted octanol–water partition coefficient (Wildman–Crippen LogP) is 5.65. The first kappa shape index (κ1) is 24.1. The van der Waals surface area contributed by atoms with E-state index < -0.39 is 0 Å². The monoisotopic (exact) mass is 500 g/mol. The lowest BCUT2D eigenvalue weighted by Gasteiger charge is -2.28. The van der Waals surface area contributed by atoms with Gasteiger partial charge in [0.05, 0.1) is 21.7 Å². The van der Waals surface area contributed by atoms with E-state index in [0.717, 1.165) is 22.4 Å². The summed E-state index contributed by atoms with van der Waals surface area (Å²) < 4.78 is 1.99. The summed E-state index contributed by atoms with van der Waals surface area (Å²) in [7, 11) is 0. The van der Waals surface area contributed by atoms with Crippen LogP contribution in [0.5, 0.6) is 0 Å². The van der Waals surface area contributed by atoms with Gasteiger partial charge in [-0.25, -0.2) is 4.98 Å². The second-order valence-corrected chi connectivity index (χ2v) is 9.91. The maximum Gasteiger partial charge on any atom is 0.243 e. The molecule has 1 fully saturated rings. The Hall–Kier alpha value is -3.64. The van der Waals surface area contributed by atoms with E-state index in [9.17, 15) is 9.59 Å². The molecule has 1 aliphatic heterocycles. The molecule has 2 amide bonds. The summed E-state index contributed by atoms with van der Waals surface area (Å²) in [6, 6.07) is 25.3. The van der Waals surface area contributed by atoms with Gasteiger partial charge in [-0.05, 0) is 43.7 Å². The molecule has 1 aromatic heterocycles. The Morgan fingerprint density at radius 2 is 1.72 bits per heavy atom. The van der Waals surface area contributed by atoms with Crippen LogP contribution in [0.3, 0.4) is 0 Å². The smallest absolute Gasteiger partial charge is 0.243 e. The molecule has 0 bridgehead atoms. The van der Waals surface area contributed by atoms with Gasteiger partial charge in [0.1, 0.15) is 12.4 Å². The van der Waals surface area contributed by atoms with Gasteiger partial charge in [0.25, 0.3) is 0 Å². The third kappa shape index (κ3) is 4.73. The number of imidazole rings is 1. The fourth-order valence-corrected chi connectivity index (χ4v) is 5.16. The fourth-order valence-electron chi connectivity index (χ4n) is 4.92. The molecule has 184 valence electrons. The number of carbonyl (C=O) groups is 2. The molecule has 5 rings (SSSR count). The minimum atomic E-state index is -0.143. The molecule has 0 radical (unpaired) electrons. The average molecular weight is 501 g/mol. The number of hydrogen-bond donors (Lipinski definition) is 0. The number of fused-ring (bicyclic) bond motifs is 1. The number of aromatic nitrogens is 2. The molecule has 6 nitrogen and oxygen atoms in total. The van der Waals surface area contributed by atoms with Crippen molar-refractivity contribution >= 4 is 40.1 Å². The largest absolute Gasteiger partial charge is 0.334 e. The van der Waals surface area contributed by atoms with Crippen LogP contribution in [0.1, 0.15) is 37.6 Å². The number of benzene rings is 3. The highest BCUT2D eigenvalue weighted by molar-refractivity contribution is 6.33. The third-order valence-corrected chi connectivity index (χ3v) is 7.07. The summed E-state index contributed by atoms with van der Waals surface area (Å²) in [5.74, 6) is 0.642. The van der Waals surface area contributed by atoms with Crippen LogP contribution in [-0.4, -0.2) is 38.9 Å². The lowest BCUT2D eigenvalue weighted by molar-refractivity contribution is -0.134. The summed E-state index contributed by atoms with van der Waals surface area (Å²) in [4.78, 5) is 35.2. The number of carbonyl (C=O) groups excluding carboxylic acids is 2. The average Bonchev–Trinajstić information content (AvgIpc) is 3.43. The molecule has 0 spiro atoms. The Kier molecular flexibility index (Phi) is 6.79. The van der Waals surface area contributed by atoms with E-state index in [-0.39, 0.29) is 30.3 Å². The lowest BCUT2D eigenvalue weighted by atomic mass is 10.1. The Balaban J connectivity index is 1.46. The normalized spacial score (nSPS) is 15.7. The molecule has 0 aliphatic carbocycles. The summed E-state index contributed by atoms with van der Waals surface area (Å²) in [6.07, 6.45) is 0.320. The van der Waals surface area contributed by atoms with E-state index in [1.165, 1.54) is 0 Å². The number of halogens is 1. The van der Waals surface area contributed by atoms with Crippen LogP contribution in [0.2, 0.25) is 5.02 Å². The topological polar surface area (TPSA) is 58.4 Å². The molecule has 3 aromatic carbocycles. The molecule has 0 N–H and O–H groups in total. The lowest BCUT2D eigenvalue weighted by Crippen LogP contribution is -2.39. The van der Waals surface area contributed by atoms with Gasteiger partial charge in [-0.2, -0.15) is 0 Å². The minimum Gasteiger partial charge on any atom is -0.334 e. The minimum absolute atomic E-state index is 0.00548. The van der Waals surface area contributed by atoms with E-state index in [0.29, 0.717) is 30.2 Å². The van der Waals surface area contributed by atoms with Gasteiger partial charge in [0.2, 0.25) is 11.8 Å². The van der Waals surface area contributed by atoms with E-state index in [2.05, 4.69) is 0 Å². The highest BCUT2D eigenvalue weighted by Crippen LogP contribution is 2.36. The van der Waals surface area contributed by atoms with Crippen molar-refractivity contribution in [3.63, 3.8) is 0 Å². The molecule has 4 aromatic rings. The van der Waals surface area contributed by atoms with Gasteiger partial charge >= 0.3 is 0 Å². The van der Waals surface area contributed by atoms with Crippen molar-refractivity contribution in [1.82, 2.24) is 14.5 Å². The van der Waals surface area contributed by atoms with Crippen LogP contribution in [0, 0.1) is 0 Å². The maximum atomic E-state index is 13.6. The van der Waals surface area contributed by atoms with E-state index in [1.54, 1.807) is 11.0 Å². The van der Waals surface area contributed by atoms with Gasteiger partial charge in [0.15, 0.2) is 0 Å². The first-order valence-corrected chi connectivity index (χ1v) is 12.6. The van der Waals surface area contributed by atoms with Gasteiger partial charge < -0.3 is 14.4 Å². The number of anilines is 1. The van der Waals surface area contributed by atoms with Crippen molar-refractivity contribution in [3.05, 3.63) is 95.3 Å². The first-order chi connectivity index (χ1) is 17.4. The van der Waals surface area contributed by atoms with Gasteiger partial charge in [-0.15, -0.1) is 0 Å². The summed E-state index contributed by atoms with van der Waals surface area (Å²) in [6.45, 7) is 5.24. The quantitative estimate of drug-likeness (QED) is 0.329. The highest BCUT2D eigenvalue weighted by Gasteiger charge is 2.36. The van der Waals surface area contributed by atoms with E-state index in [4.69, 9.17) is 16.6 Å². The van der Waals surface area contributed by atoms with Crippen molar-refractivity contribution in [2.45, 2.75) is 45.3 Å². The molecule has 1 atom stereocenters. The zero-order valence-electron chi connectivity index (χ0n) is 20.5. The molecule has 0 saturated carbocycles. The Labute approximate surface area is 216 Å². The molecule has 36 heavy (non-hydrogen) atoms.